The fraction of sp³-hybridized carbons (Fsp3) is 0.357. The first-order valence-corrected chi connectivity index (χ1v) is 6.19. The molecule has 94 valence electrons. The molecule has 4 nitrogen and oxygen atoms in total. The zero-order valence-electron chi connectivity index (χ0n) is 10.4. The predicted octanol–water partition coefficient (Wildman–Crippen LogP) is 2.21. The van der Waals surface area contributed by atoms with Crippen molar-refractivity contribution < 1.29 is 9.15 Å². The van der Waals surface area contributed by atoms with Crippen molar-refractivity contribution in [1.82, 2.24) is 10.3 Å². The minimum absolute atomic E-state index is 0.385. The van der Waals surface area contributed by atoms with E-state index in [4.69, 9.17) is 9.15 Å². The van der Waals surface area contributed by atoms with E-state index in [0.717, 1.165) is 36.7 Å². The molecular weight excluding hydrogens is 228 g/mol. The first-order valence-electron chi connectivity index (χ1n) is 6.19. The van der Waals surface area contributed by atoms with Gasteiger partial charge in [0.1, 0.15) is 11.5 Å². The van der Waals surface area contributed by atoms with Crippen molar-refractivity contribution in [3.05, 3.63) is 47.2 Å². The molecule has 4 heteroatoms. The van der Waals surface area contributed by atoms with Crippen LogP contribution in [0.1, 0.15) is 22.9 Å². The SMILES string of the molecule is Cc1cccc(OCc2nc3c(o2)CNCC3)c1. The second-order valence-corrected chi connectivity index (χ2v) is 4.51. The van der Waals surface area contributed by atoms with Gasteiger partial charge >= 0.3 is 0 Å². The lowest BCUT2D eigenvalue weighted by Crippen LogP contribution is -2.22. The molecule has 18 heavy (non-hydrogen) atoms. The summed E-state index contributed by atoms with van der Waals surface area (Å²) >= 11 is 0. The molecule has 0 aliphatic carbocycles. The van der Waals surface area contributed by atoms with Crippen molar-refractivity contribution in [3.63, 3.8) is 0 Å². The molecule has 0 atom stereocenters. The summed E-state index contributed by atoms with van der Waals surface area (Å²) in [5.41, 5.74) is 2.25. The maximum Gasteiger partial charge on any atom is 0.232 e. The van der Waals surface area contributed by atoms with Crippen molar-refractivity contribution in [2.75, 3.05) is 6.54 Å². The molecule has 1 aliphatic heterocycles. The van der Waals surface area contributed by atoms with Crippen LogP contribution in [-0.2, 0) is 19.6 Å². The lowest BCUT2D eigenvalue weighted by Gasteiger charge is -2.08. The Morgan fingerprint density at radius 3 is 3.22 bits per heavy atom. The molecule has 0 fully saturated rings. The van der Waals surface area contributed by atoms with E-state index in [1.165, 1.54) is 5.56 Å². The molecular formula is C14H16N2O2. The Labute approximate surface area is 106 Å². The largest absolute Gasteiger partial charge is 0.484 e. The molecule has 1 aliphatic rings. The third-order valence-electron chi connectivity index (χ3n) is 3.00. The van der Waals surface area contributed by atoms with Gasteiger partial charge in [-0.25, -0.2) is 4.98 Å². The van der Waals surface area contributed by atoms with Crippen molar-refractivity contribution in [2.45, 2.75) is 26.5 Å². The molecule has 0 saturated heterocycles. The van der Waals surface area contributed by atoms with E-state index in [0.29, 0.717) is 12.5 Å². The van der Waals surface area contributed by atoms with Crippen LogP contribution < -0.4 is 10.1 Å². The van der Waals surface area contributed by atoms with Crippen LogP contribution in [0.25, 0.3) is 0 Å². The second-order valence-electron chi connectivity index (χ2n) is 4.51. The van der Waals surface area contributed by atoms with E-state index >= 15 is 0 Å². The topological polar surface area (TPSA) is 47.3 Å². The third kappa shape index (κ3) is 2.38. The van der Waals surface area contributed by atoms with E-state index < -0.39 is 0 Å². The maximum absolute atomic E-state index is 5.67. The molecule has 1 aromatic carbocycles. The van der Waals surface area contributed by atoms with Gasteiger partial charge in [-0.15, -0.1) is 0 Å². The Balaban J connectivity index is 1.68. The van der Waals surface area contributed by atoms with Crippen LogP contribution in [0.5, 0.6) is 5.75 Å². The lowest BCUT2D eigenvalue weighted by atomic mass is 10.2. The number of aromatic nitrogens is 1. The molecule has 0 saturated carbocycles. The maximum atomic E-state index is 5.67. The number of nitrogens with zero attached hydrogens (tertiary/aromatic N) is 1. The molecule has 0 unspecified atom stereocenters. The third-order valence-corrected chi connectivity index (χ3v) is 3.00. The number of rotatable bonds is 3. The number of aryl methyl sites for hydroxylation is 1. The van der Waals surface area contributed by atoms with E-state index in [9.17, 15) is 0 Å². The standard InChI is InChI=1S/C14H16N2O2/c1-10-3-2-4-11(7-10)17-9-14-16-12-5-6-15-8-13(12)18-14/h2-4,7,15H,5-6,8-9H2,1H3. The summed E-state index contributed by atoms with van der Waals surface area (Å²) in [5.74, 6) is 2.46. The first kappa shape index (κ1) is 11.3. The highest BCUT2D eigenvalue weighted by Gasteiger charge is 2.16. The number of nitrogens with one attached hydrogen (secondary N) is 1. The molecule has 0 spiro atoms. The number of ether oxygens (including phenoxy) is 1. The van der Waals surface area contributed by atoms with Crippen molar-refractivity contribution in [1.29, 1.82) is 0 Å². The van der Waals surface area contributed by atoms with E-state index in [1.807, 2.05) is 31.2 Å². The van der Waals surface area contributed by atoms with Crippen LogP contribution in [0.15, 0.2) is 28.7 Å². The number of hydrogen-bond donors (Lipinski definition) is 1. The Morgan fingerprint density at radius 1 is 1.44 bits per heavy atom. The minimum Gasteiger partial charge on any atom is -0.484 e. The fourth-order valence-corrected chi connectivity index (χ4v) is 2.09. The van der Waals surface area contributed by atoms with Gasteiger partial charge in [0.05, 0.1) is 12.2 Å². The summed E-state index contributed by atoms with van der Waals surface area (Å²) in [7, 11) is 0. The molecule has 0 amide bonds. The van der Waals surface area contributed by atoms with Gasteiger partial charge in [-0.2, -0.15) is 0 Å². The van der Waals surface area contributed by atoms with Crippen LogP contribution in [0.3, 0.4) is 0 Å². The van der Waals surface area contributed by atoms with E-state index in [2.05, 4.69) is 10.3 Å². The number of oxazole rings is 1. The smallest absolute Gasteiger partial charge is 0.232 e. The Bertz CT molecular complexity index is 525. The van der Waals surface area contributed by atoms with Gasteiger partial charge in [0, 0.05) is 13.0 Å². The summed E-state index contributed by atoms with van der Waals surface area (Å²) in [6, 6.07) is 7.97. The highest BCUT2D eigenvalue weighted by molar-refractivity contribution is 5.27. The molecule has 1 aromatic heterocycles. The summed E-state index contributed by atoms with van der Waals surface area (Å²) in [6.45, 7) is 4.17. The zero-order chi connectivity index (χ0) is 12.4. The lowest BCUT2D eigenvalue weighted by molar-refractivity contribution is 0.258. The van der Waals surface area contributed by atoms with Gasteiger partial charge in [-0.05, 0) is 24.6 Å². The Kier molecular flexibility index (Phi) is 3.02. The molecule has 3 rings (SSSR count). The van der Waals surface area contributed by atoms with Gasteiger partial charge in [0.25, 0.3) is 0 Å². The van der Waals surface area contributed by atoms with Crippen LogP contribution in [0.2, 0.25) is 0 Å². The summed E-state index contributed by atoms with van der Waals surface area (Å²) in [5, 5.41) is 3.26. The summed E-state index contributed by atoms with van der Waals surface area (Å²) < 4.78 is 11.3. The van der Waals surface area contributed by atoms with Gasteiger partial charge in [-0.3, -0.25) is 0 Å². The first-order chi connectivity index (χ1) is 8.81. The van der Waals surface area contributed by atoms with E-state index in [1.54, 1.807) is 0 Å². The number of fused-ring (bicyclic) bond motifs is 1. The molecule has 1 N–H and O–H groups in total. The normalized spacial score (nSPS) is 14.3. The fourth-order valence-electron chi connectivity index (χ4n) is 2.09. The van der Waals surface area contributed by atoms with Crippen LogP contribution >= 0.6 is 0 Å². The highest BCUT2D eigenvalue weighted by Crippen LogP contribution is 2.18. The second kappa shape index (κ2) is 4.82. The molecule has 2 aromatic rings. The van der Waals surface area contributed by atoms with Crippen LogP contribution in [0, 0.1) is 6.92 Å². The zero-order valence-corrected chi connectivity index (χ0v) is 10.4. The number of hydrogen-bond acceptors (Lipinski definition) is 4. The van der Waals surface area contributed by atoms with Crippen LogP contribution in [0.4, 0.5) is 0 Å². The quantitative estimate of drug-likeness (QED) is 0.899. The summed E-state index contributed by atoms with van der Waals surface area (Å²) in [6.07, 6.45) is 0.934. The average molecular weight is 244 g/mol. The molecule has 2 heterocycles. The monoisotopic (exact) mass is 244 g/mol. The van der Waals surface area contributed by atoms with Crippen molar-refractivity contribution in [2.24, 2.45) is 0 Å². The number of benzene rings is 1. The van der Waals surface area contributed by atoms with Crippen LogP contribution in [-0.4, -0.2) is 11.5 Å². The molecule has 0 bridgehead atoms. The average Bonchev–Trinajstić information content (AvgIpc) is 2.79. The molecule has 0 radical (unpaired) electrons. The van der Waals surface area contributed by atoms with Gasteiger partial charge in [0.2, 0.25) is 5.89 Å². The highest BCUT2D eigenvalue weighted by atomic mass is 16.5. The van der Waals surface area contributed by atoms with Crippen molar-refractivity contribution in [3.8, 4) is 5.75 Å². The van der Waals surface area contributed by atoms with E-state index in [-0.39, 0.29) is 0 Å². The Hall–Kier alpha value is -1.81. The van der Waals surface area contributed by atoms with Gasteiger partial charge in [-0.1, -0.05) is 12.1 Å². The van der Waals surface area contributed by atoms with Crippen molar-refractivity contribution >= 4 is 0 Å². The minimum atomic E-state index is 0.385. The van der Waals surface area contributed by atoms with Gasteiger partial charge < -0.3 is 14.5 Å². The Morgan fingerprint density at radius 2 is 2.39 bits per heavy atom. The van der Waals surface area contributed by atoms with Gasteiger partial charge in [0.15, 0.2) is 6.61 Å². The summed E-state index contributed by atoms with van der Waals surface area (Å²) in [4.78, 5) is 4.46. The predicted molar refractivity (Wildman–Crippen MR) is 67.4 cm³/mol.